The minimum atomic E-state index is -1.33. The van der Waals surface area contributed by atoms with Crippen LogP contribution in [-0.4, -0.2) is 5.91 Å². The van der Waals surface area contributed by atoms with Gasteiger partial charge >= 0.3 is 142 Å². The van der Waals surface area contributed by atoms with E-state index in [4.69, 9.17) is 16.9 Å². The quantitative estimate of drug-likeness (QED) is 0.351. The van der Waals surface area contributed by atoms with Crippen LogP contribution in [0.2, 0.25) is 5.02 Å². The Morgan fingerprint density at radius 3 is 2.73 bits per heavy atom. The zero-order chi connectivity index (χ0) is 16.1. The average molecular weight is 430 g/mol. The van der Waals surface area contributed by atoms with Crippen molar-refractivity contribution in [3.05, 3.63) is 72.6 Å². The summed E-state index contributed by atoms with van der Waals surface area (Å²) >= 11 is 4.66. The molecule has 0 bridgehead atoms. The summed E-state index contributed by atoms with van der Waals surface area (Å²) < 4.78 is -0.603. The van der Waals surface area contributed by atoms with Gasteiger partial charge in [-0.15, -0.1) is 0 Å². The molecular formula is C14H9ClIN3O3-2. The number of amides is 1. The molecule has 0 saturated heterocycles. The van der Waals surface area contributed by atoms with Gasteiger partial charge in [0, 0.05) is 0 Å². The normalized spacial score (nSPS) is 10.5. The number of rotatable bonds is 4. The van der Waals surface area contributed by atoms with Crippen LogP contribution in [-0.2, 0) is 0 Å². The number of halogens is 2. The molecule has 114 valence electrons. The Hall–Kier alpha value is -1.70. The first kappa shape index (κ1) is 16.7. The van der Waals surface area contributed by atoms with Gasteiger partial charge in [-0.25, -0.2) is 0 Å². The number of carbonyl (C=O) groups is 1. The molecule has 2 aromatic carbocycles. The molecule has 22 heavy (non-hydrogen) atoms. The van der Waals surface area contributed by atoms with Gasteiger partial charge < -0.3 is 0 Å². The monoisotopic (exact) mass is 429 g/mol. The number of nitrogens with one attached hydrogen (secondary N) is 2. The van der Waals surface area contributed by atoms with Crippen molar-refractivity contribution in [2.45, 2.75) is 0 Å². The summed E-state index contributed by atoms with van der Waals surface area (Å²) in [5.41, 5.74) is 1.06. The van der Waals surface area contributed by atoms with Crippen LogP contribution in [0.5, 0.6) is 0 Å². The number of quaternary nitrogens is 1. The number of benzene rings is 2. The predicted octanol–water partition coefficient (Wildman–Crippen LogP) is -1.48. The molecule has 0 spiro atoms. The zero-order valence-electron chi connectivity index (χ0n) is 11.0. The van der Waals surface area contributed by atoms with E-state index in [1.165, 1.54) is 18.2 Å². The Balaban J connectivity index is 2.23. The molecule has 8 heteroatoms. The number of nitrogens with zero attached hydrogens (tertiary/aromatic N) is 1. The van der Waals surface area contributed by atoms with Gasteiger partial charge in [0.1, 0.15) is 0 Å². The van der Waals surface area contributed by atoms with Gasteiger partial charge in [0.15, 0.2) is 0 Å². The van der Waals surface area contributed by atoms with E-state index < -0.39 is 30.8 Å². The second-order valence-corrected chi connectivity index (χ2v) is 7.18. The summed E-state index contributed by atoms with van der Waals surface area (Å²) in [6.07, 6.45) is 0. The van der Waals surface area contributed by atoms with Crippen LogP contribution in [0.4, 0.5) is 5.69 Å². The van der Waals surface area contributed by atoms with E-state index in [1.807, 2.05) is 6.07 Å². The average Bonchev–Trinajstić information content (AvgIpc) is 2.48. The van der Waals surface area contributed by atoms with Crippen LogP contribution in [0.3, 0.4) is 0 Å². The van der Waals surface area contributed by atoms with Crippen LogP contribution in [0.1, 0.15) is 15.9 Å². The summed E-state index contributed by atoms with van der Waals surface area (Å²) in [6, 6.07) is 12.9. The molecular weight excluding hydrogens is 421 g/mol. The van der Waals surface area contributed by atoms with Gasteiger partial charge in [-0.1, -0.05) is 0 Å². The molecule has 6 nitrogen and oxygen atoms in total. The number of hydrogen-bond donors (Lipinski definition) is 2. The molecule has 2 aromatic rings. The fourth-order valence-electron chi connectivity index (χ4n) is 1.68. The van der Waals surface area contributed by atoms with E-state index in [-0.39, 0.29) is 10.6 Å². The van der Waals surface area contributed by atoms with E-state index >= 15 is 0 Å². The van der Waals surface area contributed by atoms with Gasteiger partial charge in [0.05, 0.1) is 0 Å². The zero-order valence-corrected chi connectivity index (χ0v) is 13.9. The first-order chi connectivity index (χ1) is 10.5. The topological polar surface area (TPSA) is 103 Å². The van der Waals surface area contributed by atoms with Crippen molar-refractivity contribution in [2.75, 3.05) is 5.32 Å². The summed E-state index contributed by atoms with van der Waals surface area (Å²) in [5, 5.41) is 33.0. The number of carbonyl (C=O) groups excluding carboxylic acids is 1. The molecule has 0 atom stereocenters. The van der Waals surface area contributed by atoms with Crippen molar-refractivity contribution in [3.63, 3.8) is 0 Å². The molecule has 0 unspecified atom stereocenters. The predicted molar refractivity (Wildman–Crippen MR) is 77.0 cm³/mol. The minimum absolute atomic E-state index is 0.183. The van der Waals surface area contributed by atoms with E-state index in [2.05, 4.69) is 5.32 Å². The molecule has 0 saturated carbocycles. The summed E-state index contributed by atoms with van der Waals surface area (Å²) in [6.45, 7) is 0. The number of nitriles is 1. The molecule has 0 aromatic heterocycles. The molecule has 0 aliphatic rings. The van der Waals surface area contributed by atoms with E-state index in [9.17, 15) is 15.2 Å². The summed E-state index contributed by atoms with van der Waals surface area (Å²) in [5.74, 6) is -0.468. The van der Waals surface area contributed by atoms with Gasteiger partial charge in [0.25, 0.3) is 0 Å². The van der Waals surface area contributed by atoms with E-state index in [1.54, 1.807) is 24.3 Å². The maximum absolute atomic E-state index is 12.2. The first-order valence-corrected chi connectivity index (χ1v) is 8.50. The summed E-state index contributed by atoms with van der Waals surface area (Å²) in [4.78, 5) is 12.2. The van der Waals surface area contributed by atoms with Crippen molar-refractivity contribution in [1.82, 2.24) is 0 Å². The Kier molecular flexibility index (Phi) is 5.70. The van der Waals surface area contributed by atoms with Crippen molar-refractivity contribution < 1.29 is 29.7 Å². The third-order valence-corrected chi connectivity index (χ3v) is 4.67. The van der Waals surface area contributed by atoms with Gasteiger partial charge in [-0.3, -0.25) is 0 Å². The molecule has 2 rings (SSSR count). The molecule has 0 radical (unpaired) electrons. The molecule has 0 aliphatic heterocycles. The maximum atomic E-state index is 12.2. The van der Waals surface area contributed by atoms with Crippen LogP contribution in [0.15, 0.2) is 42.5 Å². The molecule has 2 N–H and O–H groups in total. The second-order valence-electron chi connectivity index (χ2n) is 4.10. The van der Waals surface area contributed by atoms with Crippen molar-refractivity contribution in [1.29, 1.82) is 5.26 Å². The van der Waals surface area contributed by atoms with Crippen LogP contribution in [0.25, 0.3) is 0 Å². The Labute approximate surface area is 142 Å². The molecule has 0 aliphatic carbocycles. The van der Waals surface area contributed by atoms with Gasteiger partial charge in [0.2, 0.25) is 0 Å². The van der Waals surface area contributed by atoms with Crippen LogP contribution in [0, 0.1) is 25.3 Å². The number of hydrogen-bond acceptors (Lipinski definition) is 4. The first-order valence-electron chi connectivity index (χ1n) is 5.96. The summed E-state index contributed by atoms with van der Waals surface area (Å²) in [7, 11) is 0. The Morgan fingerprint density at radius 2 is 2.05 bits per heavy atom. The molecule has 1 amide bonds. The van der Waals surface area contributed by atoms with E-state index in [0.29, 0.717) is 14.8 Å². The van der Waals surface area contributed by atoms with Crippen molar-refractivity contribution in [3.8, 4) is 6.07 Å². The molecule has 0 fully saturated rings. The Bertz CT molecular complexity index is 746. The SMILES string of the molecule is N#Cc1cccc(NC(=O)c2cc([I-][NH+]([O-])[O-])ccc2Cl)c1. The van der Waals surface area contributed by atoms with Crippen LogP contribution >= 0.6 is 11.6 Å². The standard InChI is InChI=1S/C14H9ClIN3O3/c15-13-5-4-10(16-19(21)22)7-12(13)14(20)18-11-3-1-2-9(6-11)8-17/h1-7,19H,(H,18,20)/q-2. The fraction of sp³-hybridized carbons (Fsp3) is 0. The van der Waals surface area contributed by atoms with Gasteiger partial charge in [-0.2, -0.15) is 0 Å². The van der Waals surface area contributed by atoms with Crippen molar-refractivity contribution in [2.24, 2.45) is 0 Å². The van der Waals surface area contributed by atoms with Crippen molar-refractivity contribution >= 4 is 23.2 Å². The van der Waals surface area contributed by atoms with Gasteiger partial charge in [-0.05, 0) is 0 Å². The third-order valence-electron chi connectivity index (χ3n) is 2.61. The second kappa shape index (κ2) is 7.53. The fourth-order valence-corrected chi connectivity index (χ4v) is 3.22. The molecule has 0 heterocycles. The Morgan fingerprint density at radius 1 is 1.27 bits per heavy atom. The van der Waals surface area contributed by atoms with E-state index in [0.717, 1.165) is 0 Å². The van der Waals surface area contributed by atoms with Crippen LogP contribution < -0.4 is 30.2 Å². The number of anilines is 1. The third kappa shape index (κ3) is 4.40.